The number of carbonyl (C=O) groups excluding carboxylic acids is 1. The van der Waals surface area contributed by atoms with Crippen molar-refractivity contribution in [3.8, 4) is 5.75 Å². The first kappa shape index (κ1) is 23.5. The van der Waals surface area contributed by atoms with Crippen LogP contribution in [0.3, 0.4) is 0 Å². The summed E-state index contributed by atoms with van der Waals surface area (Å²) in [6.07, 6.45) is 4.36. The topological polar surface area (TPSA) is 42.4 Å². The van der Waals surface area contributed by atoms with Gasteiger partial charge in [0, 0.05) is 25.1 Å². The molecule has 1 aromatic heterocycles. The van der Waals surface area contributed by atoms with E-state index in [1.54, 1.807) is 13.1 Å². The molecule has 3 aromatic rings. The van der Waals surface area contributed by atoms with E-state index in [9.17, 15) is 4.79 Å². The van der Waals surface area contributed by atoms with E-state index < -0.39 is 0 Å². The summed E-state index contributed by atoms with van der Waals surface area (Å²) in [4.78, 5) is 19.3. The molecule has 32 heavy (non-hydrogen) atoms. The van der Waals surface area contributed by atoms with Gasteiger partial charge in [0.2, 0.25) is 5.91 Å². The lowest BCUT2D eigenvalue weighted by Gasteiger charge is -2.25. The fraction of sp³-hybridized carbons (Fsp3) is 0.357. The number of ether oxygens (including phenoxy) is 1. The maximum absolute atomic E-state index is 12.8. The Kier molecular flexibility index (Phi) is 8.04. The first-order chi connectivity index (χ1) is 15.4. The second-order valence-corrected chi connectivity index (χ2v) is 8.25. The van der Waals surface area contributed by atoms with E-state index in [0.29, 0.717) is 19.6 Å². The number of amides is 1. The van der Waals surface area contributed by atoms with Crippen LogP contribution in [-0.4, -0.2) is 17.5 Å². The van der Waals surface area contributed by atoms with Crippen molar-refractivity contribution in [3.63, 3.8) is 0 Å². The van der Waals surface area contributed by atoms with Gasteiger partial charge in [-0.15, -0.1) is 0 Å². The fourth-order valence-corrected chi connectivity index (χ4v) is 3.86. The van der Waals surface area contributed by atoms with Crippen LogP contribution in [0.1, 0.15) is 60.7 Å². The second-order valence-electron chi connectivity index (χ2n) is 8.25. The van der Waals surface area contributed by atoms with E-state index >= 15 is 0 Å². The largest absolute Gasteiger partial charge is 0.493 e. The Morgan fingerprint density at radius 3 is 2.56 bits per heavy atom. The highest BCUT2D eigenvalue weighted by molar-refractivity contribution is 5.92. The lowest BCUT2D eigenvalue weighted by molar-refractivity contribution is -0.116. The monoisotopic (exact) mass is 430 g/mol. The highest BCUT2D eigenvalue weighted by Crippen LogP contribution is 2.29. The summed E-state index contributed by atoms with van der Waals surface area (Å²) in [6, 6.07) is 16.5. The van der Waals surface area contributed by atoms with Crippen LogP contribution < -0.4 is 9.64 Å². The number of aromatic nitrogens is 1. The number of hydrogen-bond donors (Lipinski definition) is 0. The smallest absolute Gasteiger partial charge is 0.224 e. The molecule has 3 rings (SSSR count). The predicted molar refractivity (Wildman–Crippen MR) is 131 cm³/mol. The third-order valence-corrected chi connectivity index (χ3v) is 5.94. The first-order valence-electron chi connectivity index (χ1n) is 11.5. The summed E-state index contributed by atoms with van der Waals surface area (Å²) < 4.78 is 6.00. The average Bonchev–Trinajstić information content (AvgIpc) is 2.79. The molecule has 0 aliphatic carbocycles. The summed E-state index contributed by atoms with van der Waals surface area (Å²) in [5, 5.41) is 0. The van der Waals surface area contributed by atoms with E-state index in [4.69, 9.17) is 4.74 Å². The number of hydrogen-bond acceptors (Lipinski definition) is 3. The predicted octanol–water partition coefficient (Wildman–Crippen LogP) is 6.19. The molecule has 168 valence electrons. The van der Waals surface area contributed by atoms with Crippen molar-refractivity contribution in [2.45, 2.75) is 60.4 Å². The van der Waals surface area contributed by atoms with Gasteiger partial charge < -0.3 is 9.64 Å². The highest BCUT2D eigenvalue weighted by Gasteiger charge is 2.19. The Morgan fingerprint density at radius 1 is 1.03 bits per heavy atom. The molecule has 0 saturated heterocycles. The number of pyridine rings is 1. The lowest BCUT2D eigenvalue weighted by Crippen LogP contribution is -2.29. The number of aryl methyl sites for hydroxylation is 2. The lowest BCUT2D eigenvalue weighted by atomic mass is 9.98. The molecular weight excluding hydrogens is 396 g/mol. The average molecular weight is 431 g/mol. The van der Waals surface area contributed by atoms with Gasteiger partial charge in [-0.25, -0.2) is 0 Å². The van der Waals surface area contributed by atoms with Gasteiger partial charge in [-0.05, 0) is 67.1 Å². The van der Waals surface area contributed by atoms with Crippen molar-refractivity contribution >= 4 is 11.6 Å². The molecule has 0 atom stereocenters. The Balaban J connectivity index is 1.99. The molecule has 1 amide bonds. The second kappa shape index (κ2) is 10.9. The van der Waals surface area contributed by atoms with Crippen molar-refractivity contribution in [3.05, 3.63) is 88.2 Å². The third-order valence-electron chi connectivity index (χ3n) is 5.94. The van der Waals surface area contributed by atoms with Crippen LogP contribution in [-0.2, 0) is 24.2 Å². The first-order valence-corrected chi connectivity index (χ1v) is 11.5. The van der Waals surface area contributed by atoms with E-state index in [1.165, 1.54) is 22.3 Å². The van der Waals surface area contributed by atoms with Crippen molar-refractivity contribution < 1.29 is 9.53 Å². The van der Waals surface area contributed by atoms with Gasteiger partial charge in [-0.1, -0.05) is 44.2 Å². The minimum absolute atomic E-state index is 0.0106. The van der Waals surface area contributed by atoms with Crippen LogP contribution in [0.2, 0.25) is 0 Å². The van der Waals surface area contributed by atoms with Crippen LogP contribution in [0.4, 0.5) is 5.69 Å². The van der Waals surface area contributed by atoms with E-state index in [0.717, 1.165) is 35.5 Å². The van der Waals surface area contributed by atoms with E-state index in [1.807, 2.05) is 23.1 Å². The molecule has 0 saturated carbocycles. The molecule has 0 aliphatic heterocycles. The maximum Gasteiger partial charge on any atom is 0.224 e. The third kappa shape index (κ3) is 5.56. The van der Waals surface area contributed by atoms with Gasteiger partial charge in [0.15, 0.2) is 0 Å². The number of anilines is 1. The Hall–Kier alpha value is -3.14. The van der Waals surface area contributed by atoms with Gasteiger partial charge in [0.25, 0.3) is 0 Å². The van der Waals surface area contributed by atoms with E-state index in [2.05, 4.69) is 63.0 Å². The standard InChI is InChI=1S/C28H34N2O2/c1-6-16-32-28-14-13-23(7-2)17-25(28)19-30(22(5)31)27-12-9-15-29-26(27)18-24-11-8-10-20(3)21(24)4/h8-15,17H,6-7,16,18-19H2,1-5H3. The molecule has 1 heterocycles. The molecule has 0 unspecified atom stereocenters. The van der Waals surface area contributed by atoms with Crippen LogP contribution in [0.5, 0.6) is 5.75 Å². The summed E-state index contributed by atoms with van der Waals surface area (Å²) in [6.45, 7) is 11.2. The Labute approximate surface area is 192 Å². The molecule has 2 aromatic carbocycles. The minimum atomic E-state index is -0.0106. The van der Waals surface area contributed by atoms with Crippen molar-refractivity contribution in [2.75, 3.05) is 11.5 Å². The highest BCUT2D eigenvalue weighted by atomic mass is 16.5. The zero-order valence-electron chi connectivity index (χ0n) is 19.9. The number of carbonyl (C=O) groups is 1. The number of nitrogens with zero attached hydrogens (tertiary/aromatic N) is 2. The van der Waals surface area contributed by atoms with Gasteiger partial charge >= 0.3 is 0 Å². The van der Waals surface area contributed by atoms with Gasteiger partial charge in [0.1, 0.15) is 5.75 Å². The van der Waals surface area contributed by atoms with Gasteiger partial charge in [-0.2, -0.15) is 0 Å². The number of benzene rings is 2. The Bertz CT molecular complexity index is 1070. The molecule has 4 nitrogen and oxygen atoms in total. The molecule has 0 fully saturated rings. The summed E-state index contributed by atoms with van der Waals surface area (Å²) >= 11 is 0. The van der Waals surface area contributed by atoms with Gasteiger partial charge in [-0.3, -0.25) is 9.78 Å². The molecule has 0 bridgehead atoms. The summed E-state index contributed by atoms with van der Waals surface area (Å²) in [7, 11) is 0. The molecule has 0 aliphatic rings. The van der Waals surface area contributed by atoms with Crippen molar-refractivity contribution in [1.29, 1.82) is 0 Å². The fourth-order valence-electron chi connectivity index (χ4n) is 3.86. The van der Waals surface area contributed by atoms with E-state index in [-0.39, 0.29) is 5.91 Å². The zero-order chi connectivity index (χ0) is 23.1. The van der Waals surface area contributed by atoms with Gasteiger partial charge in [0.05, 0.1) is 24.5 Å². The van der Waals surface area contributed by atoms with Crippen LogP contribution in [0.15, 0.2) is 54.7 Å². The van der Waals surface area contributed by atoms with Crippen LogP contribution in [0, 0.1) is 13.8 Å². The van der Waals surface area contributed by atoms with Crippen LogP contribution in [0.25, 0.3) is 0 Å². The zero-order valence-corrected chi connectivity index (χ0v) is 19.9. The van der Waals surface area contributed by atoms with Crippen LogP contribution >= 0.6 is 0 Å². The normalized spacial score (nSPS) is 10.8. The molecular formula is C28H34N2O2. The molecule has 0 N–H and O–H groups in total. The van der Waals surface area contributed by atoms with Crippen molar-refractivity contribution in [1.82, 2.24) is 4.98 Å². The summed E-state index contributed by atoms with van der Waals surface area (Å²) in [5.74, 6) is 0.832. The summed E-state index contributed by atoms with van der Waals surface area (Å²) in [5.41, 5.74) is 7.77. The SMILES string of the molecule is CCCOc1ccc(CC)cc1CN(C(C)=O)c1cccnc1Cc1cccc(C)c1C. The maximum atomic E-state index is 12.8. The number of rotatable bonds is 9. The quantitative estimate of drug-likeness (QED) is 0.406. The minimum Gasteiger partial charge on any atom is -0.493 e. The molecule has 0 radical (unpaired) electrons. The Morgan fingerprint density at radius 2 is 1.84 bits per heavy atom. The van der Waals surface area contributed by atoms with Crippen molar-refractivity contribution in [2.24, 2.45) is 0 Å². The molecule has 4 heteroatoms. The molecule has 0 spiro atoms.